The Morgan fingerprint density at radius 2 is 0.762 bits per heavy atom. The van der Waals surface area contributed by atoms with Crippen molar-refractivity contribution in [2.45, 2.75) is 45.8 Å². The van der Waals surface area contributed by atoms with Gasteiger partial charge in [0.2, 0.25) is 0 Å². The van der Waals surface area contributed by atoms with Crippen molar-refractivity contribution >= 4 is 225 Å². The van der Waals surface area contributed by atoms with Crippen molar-refractivity contribution in [3.8, 4) is 22.3 Å². The van der Waals surface area contributed by atoms with E-state index < -0.39 is 5.41 Å². The molecule has 6 aromatic heterocycles. The van der Waals surface area contributed by atoms with Gasteiger partial charge in [0.15, 0.2) is 34.7 Å². The number of ketones is 6. The van der Waals surface area contributed by atoms with Crippen LogP contribution in [0.25, 0.3) is 71.4 Å². The average molecular weight is 1500 g/mol. The molecule has 0 saturated carbocycles. The van der Waals surface area contributed by atoms with Crippen molar-refractivity contribution in [1.82, 2.24) is 0 Å². The Hall–Kier alpha value is -10.7. The molecule has 3 aliphatic carbocycles. The fourth-order valence-corrected chi connectivity index (χ4v) is 23.3. The van der Waals surface area contributed by atoms with Crippen molar-refractivity contribution in [3.63, 3.8) is 0 Å². The van der Waals surface area contributed by atoms with Crippen LogP contribution in [0.5, 0.6) is 0 Å². The van der Waals surface area contributed by atoms with Crippen LogP contribution in [-0.2, 0) is 5.41 Å². The highest BCUT2D eigenvalue weighted by Gasteiger charge is 2.41. The standard InChI is InChI=1S/C88H49N3O6S8/c1-44-28-50-30-57-61(41-76(50)100-44)87(97)64(83(57)93)39-55-18-25-81(103-55)91-71-21-14-48(47-13-20-70-77(35-47)104-73-11-7-6-10-69(73)90(70)80-24-17-54(102-80)37-62-84(94)58-31-51-42-98-43-52(51)32-59(58)85(62)95)36-78(71)105-74-22-15-46(34-72(74)91)45-12-19-68-66(33-45)88(2,3)65-8-4-5-9-67(65)89(68)79-23-16-53(101-79)38-63-82(92)56-29-49-26-27-99-75(49)40-60(56)86(63)96/h4-43H,1-3H3/b63-38+,64-39+. The molecule has 6 aliphatic rings. The van der Waals surface area contributed by atoms with Gasteiger partial charge in [-0.1, -0.05) is 92.0 Å². The predicted molar refractivity (Wildman–Crippen MR) is 435 cm³/mol. The number of fused-ring (bicyclic) bond motifs is 12. The Balaban J connectivity index is 0.631. The zero-order valence-corrected chi connectivity index (χ0v) is 62.2. The van der Waals surface area contributed by atoms with Crippen LogP contribution in [0.1, 0.15) is 107 Å². The number of rotatable bonds is 8. The molecule has 0 saturated heterocycles. The molecular formula is C88H49N3O6S8. The highest BCUT2D eigenvalue weighted by atomic mass is 32.2. The Morgan fingerprint density at radius 1 is 0.333 bits per heavy atom. The largest absolute Gasteiger partial charge is 0.301 e. The maximum Gasteiger partial charge on any atom is 0.197 e. The molecule has 0 fully saturated rings. The van der Waals surface area contributed by atoms with Crippen LogP contribution in [0.2, 0.25) is 0 Å². The number of hydrogen-bond donors (Lipinski definition) is 0. The molecule has 500 valence electrons. The van der Waals surface area contributed by atoms with Gasteiger partial charge in [-0.25, -0.2) is 0 Å². The van der Waals surface area contributed by atoms with Crippen LogP contribution in [0.15, 0.2) is 259 Å². The molecule has 9 aromatic carbocycles. The van der Waals surface area contributed by atoms with Crippen LogP contribution in [-0.4, -0.2) is 34.7 Å². The van der Waals surface area contributed by atoms with Crippen molar-refractivity contribution in [3.05, 3.63) is 303 Å². The van der Waals surface area contributed by atoms with E-state index in [0.29, 0.717) is 33.4 Å². The molecule has 0 spiro atoms. The highest BCUT2D eigenvalue weighted by molar-refractivity contribution is 8.00. The Kier molecular flexibility index (Phi) is 14.0. The first-order valence-electron chi connectivity index (χ1n) is 33.9. The van der Waals surface area contributed by atoms with E-state index in [1.807, 2.05) is 83.7 Å². The van der Waals surface area contributed by atoms with Crippen molar-refractivity contribution in [1.29, 1.82) is 0 Å². The smallest absolute Gasteiger partial charge is 0.197 e. The van der Waals surface area contributed by atoms with Gasteiger partial charge in [-0.2, -0.15) is 11.3 Å². The molecule has 9 nitrogen and oxygen atoms in total. The monoisotopic (exact) mass is 1500 g/mol. The number of carbonyl (C=O) groups is 6. The van der Waals surface area contributed by atoms with Crippen LogP contribution in [0.3, 0.4) is 0 Å². The molecule has 0 atom stereocenters. The Morgan fingerprint density at radius 3 is 1.34 bits per heavy atom. The van der Waals surface area contributed by atoms with E-state index in [0.717, 1.165) is 147 Å². The quantitative estimate of drug-likeness (QED) is 0.107. The minimum absolute atomic E-state index is 0.167. The van der Waals surface area contributed by atoms with Gasteiger partial charge in [-0.05, 0) is 248 Å². The van der Waals surface area contributed by atoms with Crippen LogP contribution in [0, 0.1) is 6.92 Å². The van der Waals surface area contributed by atoms with Gasteiger partial charge in [0, 0.05) is 87.3 Å². The summed E-state index contributed by atoms with van der Waals surface area (Å²) >= 11 is 12.8. The highest BCUT2D eigenvalue weighted by Crippen LogP contribution is 2.59. The van der Waals surface area contributed by atoms with Gasteiger partial charge in [0.25, 0.3) is 0 Å². The average Bonchev–Trinajstić information content (AvgIpc) is 1.46. The molecule has 0 bridgehead atoms. The molecule has 15 aromatic rings. The first kappa shape index (κ1) is 62.8. The lowest BCUT2D eigenvalue weighted by Crippen LogP contribution is -2.30. The third-order valence-corrected chi connectivity index (χ3v) is 28.8. The number of allylic oxidation sites excluding steroid dienone is 3. The summed E-state index contributed by atoms with van der Waals surface area (Å²) in [5.41, 5.74) is 15.5. The molecule has 17 heteroatoms. The van der Waals surface area contributed by atoms with Gasteiger partial charge in [0.1, 0.15) is 15.0 Å². The number of nitrogens with zero attached hydrogens (tertiary/aromatic N) is 3. The lowest BCUT2D eigenvalue weighted by molar-refractivity contribution is 0.0975. The topological polar surface area (TPSA) is 112 Å². The fourth-order valence-electron chi connectivity index (χ4n) is 15.7. The Bertz CT molecular complexity index is 6490. The second-order valence-electron chi connectivity index (χ2n) is 27.3. The summed E-state index contributed by atoms with van der Waals surface area (Å²) in [5, 5.41) is 12.7. The number of thiophene rings is 6. The number of anilines is 9. The molecule has 0 radical (unpaired) electrons. The molecule has 9 heterocycles. The molecule has 3 aliphatic heterocycles. The maximum atomic E-state index is 14.2. The van der Waals surface area contributed by atoms with Gasteiger partial charge in [-0.3, -0.25) is 38.6 Å². The first-order valence-corrected chi connectivity index (χ1v) is 40.6. The van der Waals surface area contributed by atoms with E-state index in [2.05, 4.69) is 174 Å². The van der Waals surface area contributed by atoms with E-state index in [9.17, 15) is 28.8 Å². The van der Waals surface area contributed by atoms with E-state index in [-0.39, 0.29) is 51.4 Å². The van der Waals surface area contributed by atoms with Crippen LogP contribution >= 0.6 is 91.5 Å². The van der Waals surface area contributed by atoms with E-state index in [1.54, 1.807) is 98.4 Å². The number of hydrogen-bond acceptors (Lipinski definition) is 17. The molecule has 0 N–H and O–H groups in total. The minimum Gasteiger partial charge on any atom is -0.301 e. The second kappa shape index (κ2) is 23.4. The van der Waals surface area contributed by atoms with Crippen LogP contribution in [0.4, 0.5) is 49.1 Å². The molecule has 0 amide bonds. The molecule has 105 heavy (non-hydrogen) atoms. The molecular weight excluding hydrogens is 1450 g/mol. The van der Waals surface area contributed by atoms with Gasteiger partial charge >= 0.3 is 0 Å². The van der Waals surface area contributed by atoms with Gasteiger partial charge in [-0.15, -0.1) is 56.7 Å². The maximum absolute atomic E-state index is 14.2. The summed E-state index contributed by atoms with van der Waals surface area (Å²) in [6.45, 7) is 6.61. The first-order chi connectivity index (χ1) is 51.1. The fraction of sp³-hybridized carbons (Fsp3) is 0.0455. The van der Waals surface area contributed by atoms with Gasteiger partial charge < -0.3 is 4.90 Å². The summed E-state index contributed by atoms with van der Waals surface area (Å²) in [6, 6.07) is 71.2. The number of Topliss-reactive ketones (excluding diaryl/α,β-unsaturated/α-hetero) is 6. The van der Waals surface area contributed by atoms with Crippen molar-refractivity contribution < 1.29 is 28.8 Å². The van der Waals surface area contributed by atoms with E-state index in [1.165, 1.54) is 16.9 Å². The summed E-state index contributed by atoms with van der Waals surface area (Å²) in [4.78, 5) is 98.7. The van der Waals surface area contributed by atoms with Crippen LogP contribution < -0.4 is 14.7 Å². The van der Waals surface area contributed by atoms with E-state index >= 15 is 0 Å². The van der Waals surface area contributed by atoms with Crippen molar-refractivity contribution in [2.24, 2.45) is 0 Å². The Labute approximate surface area is 633 Å². The lowest BCUT2D eigenvalue weighted by atomic mass is 9.73. The lowest BCUT2D eigenvalue weighted by Gasteiger charge is -2.41. The van der Waals surface area contributed by atoms with Crippen molar-refractivity contribution in [2.75, 3.05) is 14.7 Å². The molecule has 0 unspecified atom stereocenters. The predicted octanol–water partition coefficient (Wildman–Crippen LogP) is 25.5. The number of para-hydroxylation sites is 2. The SMILES string of the molecule is Cc1cc2cc3c(cc2s1)C(=O)/C(=C/c1ccc(N2c4ccc(-c5ccc6c(c5)Sc5ccccc5N6c5ccc(C=C6C(=O)c7cc8cscc8cc7C6=O)s5)cc4Sc4ccc(-c5ccc6c(c5)C(C)(C)c5ccccc5N6c5ccc(/C=C6\C(=O)c7cc8ccsc8cc7C6=O)s5)cc42)s1)C3=O. The summed E-state index contributed by atoms with van der Waals surface area (Å²) < 4.78 is 1.97. The minimum atomic E-state index is -0.419. The number of aryl methyl sites for hydroxylation is 1. The third-order valence-electron chi connectivity index (χ3n) is 20.8. The summed E-state index contributed by atoms with van der Waals surface area (Å²) in [6.07, 6.45) is 5.29. The number of benzene rings is 9. The number of carbonyl (C=O) groups excluding carboxylic acids is 6. The normalized spacial score (nSPS) is 16.0. The summed E-state index contributed by atoms with van der Waals surface area (Å²) in [5.74, 6) is -1.48. The third kappa shape index (κ3) is 9.76. The zero-order valence-electron chi connectivity index (χ0n) is 55.7. The molecule has 21 rings (SSSR count). The summed E-state index contributed by atoms with van der Waals surface area (Å²) in [7, 11) is 0. The second-order valence-corrected chi connectivity index (χ2v) is 35.8. The van der Waals surface area contributed by atoms with Gasteiger partial charge in [0.05, 0.1) is 50.8 Å². The zero-order chi connectivity index (χ0) is 70.6. The van der Waals surface area contributed by atoms with E-state index in [4.69, 9.17) is 0 Å².